The number of carbonyl (C=O) groups excluding carboxylic acids is 1. The normalized spacial score (nSPS) is 10.8. The van der Waals surface area contributed by atoms with Crippen LogP contribution in [0.15, 0.2) is 54.9 Å². The number of carbonyl (C=O) groups is 1. The van der Waals surface area contributed by atoms with Gasteiger partial charge in [-0.15, -0.1) is 0 Å². The molecule has 31 heavy (non-hydrogen) atoms. The van der Waals surface area contributed by atoms with E-state index in [1.165, 1.54) is 18.4 Å². The summed E-state index contributed by atoms with van der Waals surface area (Å²) in [6, 6.07) is 12.1. The average molecular weight is 474 g/mol. The second-order valence-electron chi connectivity index (χ2n) is 6.52. The van der Waals surface area contributed by atoms with Crippen LogP contribution < -0.4 is 14.4 Å². The van der Waals surface area contributed by atoms with Crippen LogP contribution in [0.5, 0.6) is 11.5 Å². The molecule has 0 fully saturated rings. The van der Waals surface area contributed by atoms with Crippen LogP contribution in [-0.4, -0.2) is 30.1 Å². The van der Waals surface area contributed by atoms with Crippen LogP contribution in [0.25, 0.3) is 10.2 Å². The Hall–Kier alpha value is -2.87. The predicted octanol–water partition coefficient (Wildman–Crippen LogP) is 5.86. The number of fused-ring (bicyclic) bond motifs is 1. The minimum Gasteiger partial charge on any atom is -0.496 e. The van der Waals surface area contributed by atoms with E-state index in [1.54, 1.807) is 54.7 Å². The van der Waals surface area contributed by atoms with Crippen LogP contribution in [0.2, 0.25) is 10.0 Å². The van der Waals surface area contributed by atoms with Gasteiger partial charge in [-0.3, -0.25) is 14.7 Å². The molecule has 4 aromatic rings. The summed E-state index contributed by atoms with van der Waals surface area (Å²) in [4.78, 5) is 24.1. The molecule has 0 atom stereocenters. The monoisotopic (exact) mass is 473 g/mol. The highest BCUT2D eigenvalue weighted by atomic mass is 35.5. The molecule has 0 aliphatic rings. The van der Waals surface area contributed by atoms with Gasteiger partial charge in [0.1, 0.15) is 17.0 Å². The van der Waals surface area contributed by atoms with Crippen molar-refractivity contribution in [3.8, 4) is 11.5 Å². The summed E-state index contributed by atoms with van der Waals surface area (Å²) in [6.45, 7) is 0.252. The highest BCUT2D eigenvalue weighted by Gasteiger charge is 2.26. The SMILES string of the molecule is COc1ccc(Cl)cc1C(=O)N(Cc1cccnc1)c1nc2c(OC)ccc(Cl)c2s1. The van der Waals surface area contributed by atoms with Crippen molar-refractivity contribution in [3.63, 3.8) is 0 Å². The van der Waals surface area contributed by atoms with E-state index in [2.05, 4.69) is 9.97 Å². The maximum Gasteiger partial charge on any atom is 0.264 e. The first kappa shape index (κ1) is 21.4. The molecule has 0 aliphatic heterocycles. The highest BCUT2D eigenvalue weighted by Crippen LogP contribution is 2.40. The zero-order valence-corrected chi connectivity index (χ0v) is 19.0. The Morgan fingerprint density at radius 1 is 1.10 bits per heavy atom. The second-order valence-corrected chi connectivity index (χ2v) is 8.34. The van der Waals surface area contributed by atoms with Gasteiger partial charge in [-0.25, -0.2) is 4.98 Å². The number of anilines is 1. The number of pyridine rings is 1. The van der Waals surface area contributed by atoms with Crippen LogP contribution in [0.4, 0.5) is 5.13 Å². The average Bonchev–Trinajstić information content (AvgIpc) is 3.24. The predicted molar refractivity (Wildman–Crippen MR) is 124 cm³/mol. The van der Waals surface area contributed by atoms with Gasteiger partial charge in [-0.05, 0) is 42.0 Å². The molecule has 1 amide bonds. The number of hydrogen-bond donors (Lipinski definition) is 0. The van der Waals surface area contributed by atoms with Crippen LogP contribution in [0.1, 0.15) is 15.9 Å². The molecule has 158 valence electrons. The van der Waals surface area contributed by atoms with Crippen molar-refractivity contribution >= 4 is 55.8 Å². The quantitative estimate of drug-likeness (QED) is 0.350. The number of methoxy groups -OCH3 is 2. The van der Waals surface area contributed by atoms with Gasteiger partial charge >= 0.3 is 0 Å². The Balaban J connectivity index is 1.86. The summed E-state index contributed by atoms with van der Waals surface area (Å²) < 4.78 is 11.6. The van der Waals surface area contributed by atoms with Crippen molar-refractivity contribution in [2.75, 3.05) is 19.1 Å². The number of ether oxygens (including phenoxy) is 2. The number of nitrogens with zero attached hydrogens (tertiary/aromatic N) is 3. The Morgan fingerprint density at radius 3 is 2.58 bits per heavy atom. The van der Waals surface area contributed by atoms with E-state index in [0.29, 0.717) is 37.8 Å². The number of amides is 1. The zero-order chi connectivity index (χ0) is 22.0. The summed E-state index contributed by atoms with van der Waals surface area (Å²) >= 11 is 13.9. The maximum atomic E-state index is 13.7. The molecule has 2 heterocycles. The van der Waals surface area contributed by atoms with Crippen LogP contribution in [0.3, 0.4) is 0 Å². The van der Waals surface area contributed by atoms with E-state index < -0.39 is 0 Å². The summed E-state index contributed by atoms with van der Waals surface area (Å²) in [7, 11) is 3.07. The minimum atomic E-state index is -0.308. The molecule has 0 radical (unpaired) electrons. The van der Waals surface area contributed by atoms with E-state index in [-0.39, 0.29) is 12.5 Å². The van der Waals surface area contributed by atoms with Gasteiger partial charge in [0.05, 0.1) is 36.1 Å². The summed E-state index contributed by atoms with van der Waals surface area (Å²) in [5.74, 6) is 0.690. The van der Waals surface area contributed by atoms with Gasteiger partial charge in [-0.1, -0.05) is 40.6 Å². The van der Waals surface area contributed by atoms with Crippen LogP contribution >= 0.6 is 34.5 Å². The summed E-state index contributed by atoms with van der Waals surface area (Å²) in [5, 5.41) is 1.44. The lowest BCUT2D eigenvalue weighted by molar-refractivity contribution is 0.0982. The number of halogens is 2. The van der Waals surface area contributed by atoms with E-state index >= 15 is 0 Å². The number of benzene rings is 2. The molecule has 0 N–H and O–H groups in total. The largest absolute Gasteiger partial charge is 0.496 e. The molecule has 4 rings (SSSR count). The van der Waals surface area contributed by atoms with Gasteiger partial charge in [0.25, 0.3) is 5.91 Å². The van der Waals surface area contributed by atoms with Crippen LogP contribution in [-0.2, 0) is 6.54 Å². The van der Waals surface area contributed by atoms with E-state index in [0.717, 1.165) is 10.3 Å². The Morgan fingerprint density at radius 2 is 1.87 bits per heavy atom. The fourth-order valence-corrected chi connectivity index (χ4v) is 4.54. The first-order valence-corrected chi connectivity index (χ1v) is 10.8. The number of hydrogen-bond acceptors (Lipinski definition) is 6. The fraction of sp³-hybridized carbons (Fsp3) is 0.136. The summed E-state index contributed by atoms with van der Waals surface area (Å²) in [5.41, 5.74) is 1.77. The lowest BCUT2D eigenvalue weighted by Gasteiger charge is -2.21. The van der Waals surface area contributed by atoms with Crippen molar-refractivity contribution < 1.29 is 14.3 Å². The van der Waals surface area contributed by atoms with E-state index in [1.807, 2.05) is 12.1 Å². The molecule has 0 bridgehead atoms. The molecular formula is C22H17Cl2N3O3S. The van der Waals surface area contributed by atoms with Gasteiger partial charge in [-0.2, -0.15) is 0 Å². The highest BCUT2D eigenvalue weighted by molar-refractivity contribution is 7.23. The van der Waals surface area contributed by atoms with Crippen molar-refractivity contribution in [3.05, 3.63) is 76.0 Å². The number of thiazole rings is 1. The minimum absolute atomic E-state index is 0.252. The number of rotatable bonds is 6. The first-order valence-electron chi connectivity index (χ1n) is 9.19. The molecule has 0 unspecified atom stereocenters. The second kappa shape index (κ2) is 9.09. The third kappa shape index (κ3) is 4.30. The lowest BCUT2D eigenvalue weighted by Crippen LogP contribution is -2.30. The number of aromatic nitrogens is 2. The van der Waals surface area contributed by atoms with Crippen molar-refractivity contribution in [1.82, 2.24) is 9.97 Å². The Bertz CT molecular complexity index is 1250. The van der Waals surface area contributed by atoms with E-state index in [4.69, 9.17) is 32.7 Å². The topological polar surface area (TPSA) is 64.5 Å². The molecular weight excluding hydrogens is 457 g/mol. The molecule has 0 saturated carbocycles. The smallest absolute Gasteiger partial charge is 0.264 e. The van der Waals surface area contributed by atoms with E-state index in [9.17, 15) is 4.79 Å². The Kier molecular flexibility index (Phi) is 6.27. The van der Waals surface area contributed by atoms with Gasteiger partial charge in [0, 0.05) is 17.4 Å². The van der Waals surface area contributed by atoms with Gasteiger partial charge in [0.15, 0.2) is 5.13 Å². The zero-order valence-electron chi connectivity index (χ0n) is 16.6. The molecule has 9 heteroatoms. The lowest BCUT2D eigenvalue weighted by atomic mass is 10.1. The maximum absolute atomic E-state index is 13.7. The molecule has 2 aromatic heterocycles. The third-order valence-corrected chi connectivity index (χ3v) is 6.37. The molecule has 6 nitrogen and oxygen atoms in total. The van der Waals surface area contributed by atoms with Crippen molar-refractivity contribution in [1.29, 1.82) is 0 Å². The Labute approximate surface area is 193 Å². The standard InChI is InChI=1S/C22H17Cl2N3O3S/c1-29-17-7-5-14(23)10-15(17)21(28)27(12-13-4-3-9-25-11-13)22-26-19-18(30-2)8-6-16(24)20(19)31-22/h3-11H,12H2,1-2H3. The molecule has 0 spiro atoms. The molecule has 0 aliphatic carbocycles. The van der Waals surface area contributed by atoms with Crippen molar-refractivity contribution in [2.24, 2.45) is 0 Å². The summed E-state index contributed by atoms with van der Waals surface area (Å²) in [6.07, 6.45) is 3.38. The molecule has 2 aromatic carbocycles. The fourth-order valence-electron chi connectivity index (χ4n) is 3.11. The van der Waals surface area contributed by atoms with Gasteiger partial charge in [0.2, 0.25) is 0 Å². The van der Waals surface area contributed by atoms with Gasteiger partial charge < -0.3 is 9.47 Å². The third-order valence-electron chi connectivity index (χ3n) is 4.60. The van der Waals surface area contributed by atoms with Crippen LogP contribution in [0, 0.1) is 0 Å². The molecule has 0 saturated heterocycles. The van der Waals surface area contributed by atoms with Crippen molar-refractivity contribution in [2.45, 2.75) is 6.54 Å². The first-order chi connectivity index (χ1) is 15.0.